The average Bonchev–Trinajstić information content (AvgIpc) is 2.74. The van der Waals surface area contributed by atoms with Gasteiger partial charge in [0.25, 0.3) is 0 Å². The smallest absolute Gasteiger partial charge is 0.303 e. The monoisotopic (exact) mass is 444 g/mol. The summed E-state index contributed by atoms with van der Waals surface area (Å²) in [5.74, 6) is -0.661. The maximum Gasteiger partial charge on any atom is 0.303 e. The first kappa shape index (κ1) is 29.3. The summed E-state index contributed by atoms with van der Waals surface area (Å²) in [5, 5.41) is 14.2. The van der Waals surface area contributed by atoms with E-state index in [9.17, 15) is 14.4 Å². The van der Waals surface area contributed by atoms with Crippen molar-refractivity contribution in [1.82, 2.24) is 10.6 Å². The van der Waals surface area contributed by atoms with Gasteiger partial charge in [-0.15, -0.1) is 0 Å². The fraction of sp³-hybridized carbons (Fsp3) is 0.870. The summed E-state index contributed by atoms with van der Waals surface area (Å²) in [5.41, 5.74) is 0. The molecule has 3 N–H and O–H groups in total. The molecule has 0 fully saturated rings. The highest BCUT2D eigenvalue weighted by molar-refractivity contribution is 5.77. The van der Waals surface area contributed by atoms with Crippen molar-refractivity contribution >= 4 is 17.8 Å². The van der Waals surface area contributed by atoms with Crippen LogP contribution in [-0.4, -0.2) is 62.9 Å². The van der Waals surface area contributed by atoms with E-state index in [1.165, 1.54) is 25.7 Å². The Kier molecular flexibility index (Phi) is 21.8. The van der Waals surface area contributed by atoms with Crippen LogP contribution in [0.4, 0.5) is 0 Å². The van der Waals surface area contributed by atoms with Crippen LogP contribution in [0.3, 0.4) is 0 Å². The molecule has 0 bridgehead atoms. The molecule has 31 heavy (non-hydrogen) atoms. The molecule has 0 saturated heterocycles. The van der Waals surface area contributed by atoms with Gasteiger partial charge in [-0.2, -0.15) is 0 Å². The van der Waals surface area contributed by atoms with Gasteiger partial charge in [-0.05, 0) is 19.3 Å². The van der Waals surface area contributed by atoms with Crippen LogP contribution in [0.2, 0.25) is 0 Å². The molecule has 0 saturated carbocycles. The number of nitrogens with one attached hydrogen (secondary N) is 2. The standard InChI is InChI=1S/C23H44N2O6/c1-30-19-20-31-18-17-25-22(27)14-12-16-24-21(26)13-10-8-6-4-2-3-5-7-9-11-15-23(28)29/h2-20H2,1H3,(H,24,26)(H,25,27)(H,28,29). The van der Waals surface area contributed by atoms with Gasteiger partial charge in [0, 0.05) is 39.5 Å². The molecule has 0 aromatic rings. The summed E-state index contributed by atoms with van der Waals surface area (Å²) in [4.78, 5) is 33.9. The Labute approximate surface area is 187 Å². The number of unbranched alkanes of at least 4 members (excludes halogenated alkanes) is 9. The highest BCUT2D eigenvalue weighted by Gasteiger charge is 2.03. The molecule has 0 atom stereocenters. The molecule has 2 amide bonds. The Bertz CT molecular complexity index is 459. The van der Waals surface area contributed by atoms with Crippen LogP contribution in [-0.2, 0) is 23.9 Å². The summed E-state index contributed by atoms with van der Waals surface area (Å²) < 4.78 is 10.1. The van der Waals surface area contributed by atoms with Crippen molar-refractivity contribution in [3.05, 3.63) is 0 Å². The number of rotatable bonds is 23. The first-order valence-corrected chi connectivity index (χ1v) is 11.9. The van der Waals surface area contributed by atoms with E-state index < -0.39 is 5.97 Å². The van der Waals surface area contributed by atoms with E-state index in [4.69, 9.17) is 14.6 Å². The fourth-order valence-corrected chi connectivity index (χ4v) is 3.14. The topological polar surface area (TPSA) is 114 Å². The fourth-order valence-electron chi connectivity index (χ4n) is 3.14. The molecule has 0 aliphatic carbocycles. The van der Waals surface area contributed by atoms with Crippen LogP contribution in [0.1, 0.15) is 89.9 Å². The van der Waals surface area contributed by atoms with Gasteiger partial charge in [-0.25, -0.2) is 0 Å². The number of carbonyl (C=O) groups excluding carboxylic acids is 2. The van der Waals surface area contributed by atoms with Crippen molar-refractivity contribution in [2.24, 2.45) is 0 Å². The molecule has 182 valence electrons. The summed E-state index contributed by atoms with van der Waals surface area (Å²) in [6, 6.07) is 0. The molecule has 0 aliphatic heterocycles. The third-order valence-electron chi connectivity index (χ3n) is 4.95. The van der Waals surface area contributed by atoms with Crippen LogP contribution < -0.4 is 10.6 Å². The Morgan fingerprint density at radius 3 is 1.65 bits per heavy atom. The second-order valence-corrected chi connectivity index (χ2v) is 7.84. The minimum atomic E-state index is -0.701. The third kappa shape index (κ3) is 24.5. The zero-order valence-corrected chi connectivity index (χ0v) is 19.4. The van der Waals surface area contributed by atoms with Gasteiger partial charge in [0.05, 0.1) is 19.8 Å². The summed E-state index contributed by atoms with van der Waals surface area (Å²) in [6.45, 7) is 2.56. The zero-order chi connectivity index (χ0) is 23.0. The van der Waals surface area contributed by atoms with E-state index >= 15 is 0 Å². The zero-order valence-electron chi connectivity index (χ0n) is 19.4. The third-order valence-corrected chi connectivity index (χ3v) is 4.95. The van der Waals surface area contributed by atoms with Crippen LogP contribution in [0, 0.1) is 0 Å². The second kappa shape index (κ2) is 23.0. The number of carboxylic acids is 1. The number of amides is 2. The first-order valence-electron chi connectivity index (χ1n) is 11.9. The Morgan fingerprint density at radius 2 is 1.10 bits per heavy atom. The number of hydrogen-bond acceptors (Lipinski definition) is 5. The molecule has 8 nitrogen and oxygen atoms in total. The lowest BCUT2D eigenvalue weighted by molar-refractivity contribution is -0.137. The lowest BCUT2D eigenvalue weighted by Gasteiger charge is -2.07. The van der Waals surface area contributed by atoms with Crippen LogP contribution >= 0.6 is 0 Å². The van der Waals surface area contributed by atoms with Gasteiger partial charge in [-0.3, -0.25) is 14.4 Å². The molecule has 0 aromatic carbocycles. The highest BCUT2D eigenvalue weighted by atomic mass is 16.5. The highest BCUT2D eigenvalue weighted by Crippen LogP contribution is 2.12. The Balaban J connectivity index is 3.29. The van der Waals surface area contributed by atoms with Crippen molar-refractivity contribution in [2.75, 3.05) is 40.0 Å². The molecule has 0 aliphatic rings. The number of methoxy groups -OCH3 is 1. The molecule has 0 rings (SSSR count). The van der Waals surface area contributed by atoms with Gasteiger partial charge in [-0.1, -0.05) is 51.4 Å². The number of hydrogen-bond donors (Lipinski definition) is 3. The van der Waals surface area contributed by atoms with Gasteiger partial charge in [0.1, 0.15) is 0 Å². The minimum Gasteiger partial charge on any atom is -0.481 e. The first-order chi connectivity index (χ1) is 15.1. The van der Waals surface area contributed by atoms with Crippen LogP contribution in [0.15, 0.2) is 0 Å². The number of carbonyl (C=O) groups is 3. The number of ether oxygens (including phenoxy) is 2. The minimum absolute atomic E-state index is 0.0233. The maximum atomic E-state index is 11.8. The van der Waals surface area contributed by atoms with E-state index in [-0.39, 0.29) is 18.2 Å². The molecular formula is C23H44N2O6. The molecule has 0 heterocycles. The summed E-state index contributed by atoms with van der Waals surface area (Å²) in [7, 11) is 1.62. The van der Waals surface area contributed by atoms with E-state index in [1.807, 2.05) is 0 Å². The average molecular weight is 445 g/mol. The second-order valence-electron chi connectivity index (χ2n) is 7.84. The van der Waals surface area contributed by atoms with Crippen molar-refractivity contribution in [3.8, 4) is 0 Å². The van der Waals surface area contributed by atoms with E-state index in [0.717, 1.165) is 38.5 Å². The molecule has 0 radical (unpaired) electrons. The Hall–Kier alpha value is -1.67. The molecular weight excluding hydrogens is 400 g/mol. The summed E-state index contributed by atoms with van der Waals surface area (Å²) >= 11 is 0. The van der Waals surface area contributed by atoms with Gasteiger partial charge in [0.15, 0.2) is 0 Å². The molecule has 0 unspecified atom stereocenters. The van der Waals surface area contributed by atoms with Gasteiger partial charge >= 0.3 is 5.97 Å². The van der Waals surface area contributed by atoms with Crippen LogP contribution in [0.5, 0.6) is 0 Å². The lowest BCUT2D eigenvalue weighted by atomic mass is 10.1. The van der Waals surface area contributed by atoms with E-state index in [0.29, 0.717) is 52.2 Å². The number of aliphatic carboxylic acids is 1. The molecule has 0 spiro atoms. The largest absolute Gasteiger partial charge is 0.481 e. The van der Waals surface area contributed by atoms with Crippen LogP contribution in [0.25, 0.3) is 0 Å². The van der Waals surface area contributed by atoms with Crippen molar-refractivity contribution in [1.29, 1.82) is 0 Å². The van der Waals surface area contributed by atoms with Crippen molar-refractivity contribution in [3.63, 3.8) is 0 Å². The summed E-state index contributed by atoms with van der Waals surface area (Å²) in [6.07, 6.45) is 12.7. The molecule has 8 heteroatoms. The lowest BCUT2D eigenvalue weighted by Crippen LogP contribution is -2.29. The van der Waals surface area contributed by atoms with Gasteiger partial charge < -0.3 is 25.2 Å². The van der Waals surface area contributed by atoms with E-state index in [1.54, 1.807) is 7.11 Å². The van der Waals surface area contributed by atoms with Crippen molar-refractivity contribution in [2.45, 2.75) is 89.9 Å². The quantitative estimate of drug-likeness (QED) is 0.208. The normalized spacial score (nSPS) is 10.7. The maximum absolute atomic E-state index is 11.8. The Morgan fingerprint density at radius 1 is 0.613 bits per heavy atom. The van der Waals surface area contributed by atoms with Crippen molar-refractivity contribution < 1.29 is 29.0 Å². The molecule has 0 aromatic heterocycles. The van der Waals surface area contributed by atoms with E-state index in [2.05, 4.69) is 10.6 Å². The SMILES string of the molecule is COCCOCCNC(=O)CCCNC(=O)CCCCCCCCCCCCC(=O)O. The predicted octanol–water partition coefficient (Wildman–Crippen LogP) is 3.43. The number of carboxylic acid groups (broad SMARTS) is 1. The predicted molar refractivity (Wildman–Crippen MR) is 121 cm³/mol. The van der Waals surface area contributed by atoms with Gasteiger partial charge in [0.2, 0.25) is 11.8 Å².